The summed E-state index contributed by atoms with van der Waals surface area (Å²) in [4.78, 5) is 24.4. The first-order chi connectivity index (χ1) is 12.6. The zero-order valence-corrected chi connectivity index (χ0v) is 17.9. The Morgan fingerprint density at radius 3 is 2.81 bits per heavy atom. The molecule has 0 aliphatic carbocycles. The fourth-order valence-corrected chi connectivity index (χ4v) is 6.39. The second-order valence-electron chi connectivity index (χ2n) is 5.85. The lowest BCUT2D eigenvalue weighted by molar-refractivity contribution is 0.635. The van der Waals surface area contributed by atoms with Crippen LogP contribution in [0.25, 0.3) is 20.8 Å². The minimum atomic E-state index is 0.0686. The maximum Gasteiger partial charge on any atom is 0.263 e. The summed E-state index contributed by atoms with van der Waals surface area (Å²) < 4.78 is 1.78. The molecular formula is C18H17N3OS4. The van der Waals surface area contributed by atoms with Crippen LogP contribution in [-0.4, -0.2) is 14.5 Å². The summed E-state index contributed by atoms with van der Waals surface area (Å²) in [5.41, 5.74) is 3.32. The summed E-state index contributed by atoms with van der Waals surface area (Å²) in [7, 11) is 0. The van der Waals surface area contributed by atoms with Gasteiger partial charge in [0.05, 0.1) is 11.1 Å². The monoisotopic (exact) mass is 419 g/mol. The van der Waals surface area contributed by atoms with Crippen molar-refractivity contribution in [2.45, 2.75) is 38.2 Å². The summed E-state index contributed by atoms with van der Waals surface area (Å²) >= 11 is 6.52. The highest BCUT2D eigenvalue weighted by molar-refractivity contribution is 7.98. The van der Waals surface area contributed by atoms with Crippen LogP contribution in [0.5, 0.6) is 0 Å². The van der Waals surface area contributed by atoms with E-state index in [-0.39, 0.29) is 5.56 Å². The van der Waals surface area contributed by atoms with Crippen molar-refractivity contribution in [3.63, 3.8) is 0 Å². The quantitative estimate of drug-likeness (QED) is 0.313. The predicted octanol–water partition coefficient (Wildman–Crippen LogP) is 5.57. The number of thiophene rings is 2. The molecular weight excluding hydrogens is 402 g/mol. The summed E-state index contributed by atoms with van der Waals surface area (Å²) in [5, 5.41) is 8.86. The molecule has 26 heavy (non-hydrogen) atoms. The molecule has 134 valence electrons. The molecule has 4 nitrogen and oxygen atoms in total. The molecule has 4 heterocycles. The van der Waals surface area contributed by atoms with Gasteiger partial charge in [0.25, 0.3) is 5.56 Å². The van der Waals surface area contributed by atoms with E-state index in [4.69, 9.17) is 9.97 Å². The Balaban J connectivity index is 1.64. The minimum Gasteiger partial charge on any atom is -0.287 e. The standard InChI is InChI=1S/C18H17N3OS4/c1-4-21-17(22)14-10(2)11(3)26-16(14)20-18(21)25-9-13-8-24-15(19-13)12-5-6-23-7-12/h5-8H,4,9H2,1-3H3. The van der Waals surface area contributed by atoms with Crippen LogP contribution in [0.15, 0.2) is 32.2 Å². The third-order valence-corrected chi connectivity index (χ3v) is 7.97. The second kappa shape index (κ2) is 7.26. The first kappa shape index (κ1) is 17.9. The topological polar surface area (TPSA) is 47.8 Å². The van der Waals surface area contributed by atoms with Crippen molar-refractivity contribution in [1.29, 1.82) is 0 Å². The highest BCUT2D eigenvalue weighted by Gasteiger charge is 2.16. The largest absolute Gasteiger partial charge is 0.287 e. The Morgan fingerprint density at radius 1 is 1.23 bits per heavy atom. The van der Waals surface area contributed by atoms with Crippen LogP contribution in [0.1, 0.15) is 23.1 Å². The van der Waals surface area contributed by atoms with Crippen LogP contribution < -0.4 is 5.56 Å². The van der Waals surface area contributed by atoms with Gasteiger partial charge in [-0.3, -0.25) is 9.36 Å². The molecule has 0 aliphatic rings. The van der Waals surface area contributed by atoms with Crippen LogP contribution in [0.3, 0.4) is 0 Å². The zero-order chi connectivity index (χ0) is 18.3. The van der Waals surface area contributed by atoms with E-state index in [0.717, 1.165) is 36.5 Å². The molecule has 0 unspecified atom stereocenters. The lowest BCUT2D eigenvalue weighted by Gasteiger charge is -2.09. The lowest BCUT2D eigenvalue weighted by Crippen LogP contribution is -2.22. The zero-order valence-electron chi connectivity index (χ0n) is 14.6. The van der Waals surface area contributed by atoms with E-state index >= 15 is 0 Å². The lowest BCUT2D eigenvalue weighted by atomic mass is 10.2. The minimum absolute atomic E-state index is 0.0686. The molecule has 4 aromatic rings. The van der Waals surface area contributed by atoms with E-state index in [2.05, 4.69) is 22.2 Å². The molecule has 0 spiro atoms. The number of fused-ring (bicyclic) bond motifs is 1. The van der Waals surface area contributed by atoms with Gasteiger partial charge in [-0.25, -0.2) is 9.97 Å². The number of thioether (sulfide) groups is 1. The van der Waals surface area contributed by atoms with E-state index in [9.17, 15) is 4.79 Å². The molecule has 0 aromatic carbocycles. The van der Waals surface area contributed by atoms with Gasteiger partial charge < -0.3 is 0 Å². The van der Waals surface area contributed by atoms with Gasteiger partial charge in [-0.05, 0) is 37.8 Å². The first-order valence-corrected chi connectivity index (χ1v) is 11.8. The van der Waals surface area contributed by atoms with Gasteiger partial charge in [0.15, 0.2) is 5.16 Å². The Hall–Kier alpha value is -1.48. The summed E-state index contributed by atoms with van der Waals surface area (Å²) in [6, 6.07) is 2.09. The van der Waals surface area contributed by atoms with Gasteiger partial charge in [0, 0.05) is 33.5 Å². The van der Waals surface area contributed by atoms with Gasteiger partial charge in [-0.1, -0.05) is 11.8 Å². The fraction of sp³-hybridized carbons (Fsp3) is 0.278. The third kappa shape index (κ3) is 3.15. The number of rotatable bonds is 5. The fourth-order valence-electron chi connectivity index (χ4n) is 2.73. The molecule has 0 radical (unpaired) electrons. The third-order valence-electron chi connectivity index (χ3n) is 4.24. The Bertz CT molecular complexity index is 1120. The van der Waals surface area contributed by atoms with Crippen LogP contribution in [-0.2, 0) is 12.3 Å². The average Bonchev–Trinajstić information content (AvgIpc) is 3.34. The van der Waals surface area contributed by atoms with E-state index in [1.807, 2.05) is 20.8 Å². The maximum absolute atomic E-state index is 12.9. The van der Waals surface area contributed by atoms with Crippen molar-refractivity contribution >= 4 is 56.0 Å². The number of hydrogen-bond donors (Lipinski definition) is 0. The molecule has 0 saturated heterocycles. The van der Waals surface area contributed by atoms with Gasteiger partial charge in [0.2, 0.25) is 0 Å². The van der Waals surface area contributed by atoms with Crippen molar-refractivity contribution in [3.8, 4) is 10.6 Å². The summed E-state index contributed by atoms with van der Waals surface area (Å²) in [6.45, 7) is 6.66. The molecule has 0 fully saturated rings. The smallest absolute Gasteiger partial charge is 0.263 e. The second-order valence-corrected chi connectivity index (χ2v) is 9.64. The van der Waals surface area contributed by atoms with Gasteiger partial charge in [-0.2, -0.15) is 11.3 Å². The highest BCUT2D eigenvalue weighted by Crippen LogP contribution is 2.31. The average molecular weight is 420 g/mol. The highest BCUT2D eigenvalue weighted by atomic mass is 32.2. The molecule has 0 saturated carbocycles. The first-order valence-electron chi connectivity index (χ1n) is 8.18. The SMILES string of the molecule is CCn1c(SCc2csc(-c3ccsc3)n2)nc2sc(C)c(C)c2c1=O. The van der Waals surface area contributed by atoms with Gasteiger partial charge >= 0.3 is 0 Å². The number of aryl methyl sites for hydroxylation is 2. The van der Waals surface area contributed by atoms with Gasteiger partial charge in [-0.15, -0.1) is 22.7 Å². The molecule has 4 aromatic heterocycles. The van der Waals surface area contributed by atoms with Crippen molar-refractivity contribution in [1.82, 2.24) is 14.5 Å². The molecule has 4 rings (SSSR count). The summed E-state index contributed by atoms with van der Waals surface area (Å²) in [6.07, 6.45) is 0. The Kier molecular flexibility index (Phi) is 5.00. The predicted molar refractivity (Wildman–Crippen MR) is 114 cm³/mol. The molecule has 0 aliphatic heterocycles. The molecule has 0 atom stereocenters. The van der Waals surface area contributed by atoms with Crippen molar-refractivity contribution < 1.29 is 0 Å². The van der Waals surface area contributed by atoms with Crippen LogP contribution in [0.2, 0.25) is 0 Å². The molecule has 0 bridgehead atoms. The number of aromatic nitrogens is 3. The van der Waals surface area contributed by atoms with Crippen LogP contribution in [0.4, 0.5) is 0 Å². The van der Waals surface area contributed by atoms with Crippen LogP contribution >= 0.6 is 45.8 Å². The molecule has 0 amide bonds. The Labute approximate surface area is 167 Å². The molecule has 0 N–H and O–H groups in total. The van der Waals surface area contributed by atoms with Gasteiger partial charge in [0.1, 0.15) is 9.84 Å². The van der Waals surface area contributed by atoms with Crippen molar-refractivity contribution in [2.24, 2.45) is 0 Å². The van der Waals surface area contributed by atoms with E-state index in [1.54, 1.807) is 50.3 Å². The number of thiazole rings is 1. The normalized spacial score (nSPS) is 11.5. The number of hydrogen-bond acceptors (Lipinski definition) is 7. The van der Waals surface area contributed by atoms with Crippen LogP contribution in [0, 0.1) is 13.8 Å². The van der Waals surface area contributed by atoms with E-state index < -0.39 is 0 Å². The van der Waals surface area contributed by atoms with Crippen molar-refractivity contribution in [2.75, 3.05) is 0 Å². The summed E-state index contributed by atoms with van der Waals surface area (Å²) in [5.74, 6) is 0.710. The van der Waals surface area contributed by atoms with Crippen molar-refractivity contribution in [3.05, 3.63) is 48.7 Å². The Morgan fingerprint density at radius 2 is 2.08 bits per heavy atom. The van der Waals surface area contributed by atoms with E-state index in [1.165, 1.54) is 5.56 Å². The number of nitrogens with zero attached hydrogens (tertiary/aromatic N) is 3. The molecule has 8 heteroatoms. The van der Waals surface area contributed by atoms with E-state index in [0.29, 0.717) is 12.3 Å². The maximum atomic E-state index is 12.9.